The molecule has 3 heterocycles. The van der Waals surface area contributed by atoms with Gasteiger partial charge in [-0.15, -0.1) is 11.3 Å². The molecule has 0 bridgehead atoms. The molecule has 130 valence electrons. The molecular formula is C16H21N3O3S2. The molecule has 2 aromatic rings. The van der Waals surface area contributed by atoms with E-state index in [1.807, 2.05) is 31.4 Å². The number of thiophene rings is 1. The zero-order valence-corrected chi connectivity index (χ0v) is 15.4. The highest BCUT2D eigenvalue weighted by atomic mass is 32.2. The molecule has 0 radical (unpaired) electrons. The van der Waals surface area contributed by atoms with Crippen LogP contribution >= 0.6 is 11.3 Å². The number of rotatable bonds is 5. The van der Waals surface area contributed by atoms with Gasteiger partial charge in [-0.2, -0.15) is 5.10 Å². The van der Waals surface area contributed by atoms with Crippen LogP contribution in [0.25, 0.3) is 10.6 Å². The maximum Gasteiger partial charge on any atom is 0.274 e. The Morgan fingerprint density at radius 1 is 1.42 bits per heavy atom. The van der Waals surface area contributed by atoms with Crippen LogP contribution in [0.15, 0.2) is 23.6 Å². The first-order valence-corrected chi connectivity index (χ1v) is 10.8. The zero-order valence-electron chi connectivity index (χ0n) is 13.8. The number of hydrogen-bond donors (Lipinski definition) is 0. The van der Waals surface area contributed by atoms with Crippen molar-refractivity contribution in [2.75, 3.05) is 24.6 Å². The Labute approximate surface area is 146 Å². The Hall–Kier alpha value is -1.67. The van der Waals surface area contributed by atoms with Crippen LogP contribution in [0.3, 0.4) is 0 Å². The molecule has 2 aromatic heterocycles. The molecule has 6 nitrogen and oxygen atoms in total. The van der Waals surface area contributed by atoms with Crippen LogP contribution in [-0.4, -0.2) is 53.6 Å². The van der Waals surface area contributed by atoms with Gasteiger partial charge in [0.15, 0.2) is 15.5 Å². The summed E-state index contributed by atoms with van der Waals surface area (Å²) in [7, 11) is -3.02. The van der Waals surface area contributed by atoms with Gasteiger partial charge < -0.3 is 4.90 Å². The minimum atomic E-state index is -3.02. The maximum atomic E-state index is 12.6. The first-order valence-electron chi connectivity index (χ1n) is 8.08. The van der Waals surface area contributed by atoms with Crippen LogP contribution in [0.1, 0.15) is 36.8 Å². The summed E-state index contributed by atoms with van der Waals surface area (Å²) in [6, 6.07) is 5.49. The molecule has 0 spiro atoms. The van der Waals surface area contributed by atoms with Gasteiger partial charge in [0.2, 0.25) is 0 Å². The molecule has 1 amide bonds. The second-order valence-electron chi connectivity index (χ2n) is 5.87. The van der Waals surface area contributed by atoms with E-state index in [4.69, 9.17) is 0 Å². The number of carbonyl (C=O) groups excluding carboxylic acids is 1. The zero-order chi connectivity index (χ0) is 17.3. The van der Waals surface area contributed by atoms with Gasteiger partial charge in [-0.25, -0.2) is 8.42 Å². The molecule has 0 aliphatic carbocycles. The summed E-state index contributed by atoms with van der Waals surface area (Å²) in [4.78, 5) is 15.3. The van der Waals surface area contributed by atoms with Crippen LogP contribution < -0.4 is 0 Å². The summed E-state index contributed by atoms with van der Waals surface area (Å²) in [5, 5.41) is 6.46. The summed E-state index contributed by atoms with van der Waals surface area (Å²) in [6.45, 7) is 5.10. The van der Waals surface area contributed by atoms with Gasteiger partial charge >= 0.3 is 0 Å². The molecule has 1 saturated heterocycles. The van der Waals surface area contributed by atoms with Gasteiger partial charge in [-0.1, -0.05) is 6.07 Å². The van der Waals surface area contributed by atoms with E-state index in [1.54, 1.807) is 27.0 Å². The smallest absolute Gasteiger partial charge is 0.274 e. The maximum absolute atomic E-state index is 12.6. The number of aromatic nitrogens is 2. The van der Waals surface area contributed by atoms with E-state index < -0.39 is 9.84 Å². The number of amides is 1. The monoisotopic (exact) mass is 367 g/mol. The van der Waals surface area contributed by atoms with E-state index in [9.17, 15) is 13.2 Å². The minimum absolute atomic E-state index is 0.0892. The summed E-state index contributed by atoms with van der Waals surface area (Å²) in [6.07, 6.45) is 0.543. The van der Waals surface area contributed by atoms with E-state index in [0.29, 0.717) is 25.2 Å². The van der Waals surface area contributed by atoms with Gasteiger partial charge in [0.25, 0.3) is 5.91 Å². The third-order valence-corrected chi connectivity index (χ3v) is 6.98. The van der Waals surface area contributed by atoms with Crippen LogP contribution in [0.2, 0.25) is 0 Å². The van der Waals surface area contributed by atoms with Crippen molar-refractivity contribution in [1.82, 2.24) is 14.7 Å². The standard InChI is InChI=1S/C16H21N3O3S2/c1-3-18(4-2)16(20)13-10-14(15-6-5-8-23-15)19(17-13)12-7-9-24(21,22)11-12/h5-6,8,10,12H,3-4,7,9,11H2,1-2H3/t12-/m1/s1. The van der Waals surface area contributed by atoms with Crippen molar-refractivity contribution >= 4 is 27.1 Å². The van der Waals surface area contributed by atoms with Crippen LogP contribution in [0.4, 0.5) is 0 Å². The molecule has 1 aliphatic rings. The van der Waals surface area contributed by atoms with Crippen molar-refractivity contribution in [1.29, 1.82) is 0 Å². The SMILES string of the molecule is CCN(CC)C(=O)c1cc(-c2cccs2)n([C@@H]2CCS(=O)(=O)C2)n1. The lowest BCUT2D eigenvalue weighted by Crippen LogP contribution is -2.31. The Balaban J connectivity index is 2.02. The Morgan fingerprint density at radius 2 is 2.17 bits per heavy atom. The lowest BCUT2D eigenvalue weighted by atomic mass is 10.2. The highest BCUT2D eigenvalue weighted by Gasteiger charge is 2.32. The molecule has 1 fully saturated rings. The number of nitrogens with zero attached hydrogens (tertiary/aromatic N) is 3. The van der Waals surface area contributed by atoms with Crippen LogP contribution in [0.5, 0.6) is 0 Å². The predicted molar refractivity (Wildman–Crippen MR) is 95.1 cm³/mol. The van der Waals surface area contributed by atoms with Gasteiger partial charge in [-0.3, -0.25) is 9.48 Å². The quantitative estimate of drug-likeness (QED) is 0.814. The van der Waals surface area contributed by atoms with Crippen molar-refractivity contribution in [2.24, 2.45) is 0 Å². The number of carbonyl (C=O) groups is 1. The molecule has 0 saturated carbocycles. The Kier molecular flexibility index (Phi) is 4.78. The molecule has 0 unspecified atom stereocenters. The summed E-state index contributed by atoms with van der Waals surface area (Å²) >= 11 is 1.56. The van der Waals surface area contributed by atoms with Crippen molar-refractivity contribution in [3.8, 4) is 10.6 Å². The van der Waals surface area contributed by atoms with E-state index in [0.717, 1.165) is 10.6 Å². The fourth-order valence-corrected chi connectivity index (χ4v) is 5.45. The average molecular weight is 367 g/mol. The Bertz CT molecular complexity index is 821. The second-order valence-corrected chi connectivity index (χ2v) is 9.05. The first kappa shape index (κ1) is 17.2. The van der Waals surface area contributed by atoms with Crippen molar-refractivity contribution in [3.05, 3.63) is 29.3 Å². The third-order valence-electron chi connectivity index (χ3n) is 4.33. The topological polar surface area (TPSA) is 72.3 Å². The largest absolute Gasteiger partial charge is 0.338 e. The Morgan fingerprint density at radius 3 is 2.71 bits per heavy atom. The molecule has 8 heteroatoms. The lowest BCUT2D eigenvalue weighted by Gasteiger charge is -2.17. The minimum Gasteiger partial charge on any atom is -0.338 e. The molecule has 0 N–H and O–H groups in total. The molecule has 24 heavy (non-hydrogen) atoms. The number of hydrogen-bond acceptors (Lipinski definition) is 5. The highest BCUT2D eigenvalue weighted by Crippen LogP contribution is 2.32. The van der Waals surface area contributed by atoms with Crippen molar-refractivity contribution in [2.45, 2.75) is 26.3 Å². The summed E-state index contributed by atoms with van der Waals surface area (Å²) < 4.78 is 25.4. The van der Waals surface area contributed by atoms with Gasteiger partial charge in [-0.05, 0) is 37.8 Å². The molecule has 0 aromatic carbocycles. The van der Waals surface area contributed by atoms with Gasteiger partial charge in [0.1, 0.15) is 0 Å². The van der Waals surface area contributed by atoms with E-state index in [2.05, 4.69) is 5.10 Å². The normalized spacial score (nSPS) is 19.5. The van der Waals surface area contributed by atoms with E-state index >= 15 is 0 Å². The lowest BCUT2D eigenvalue weighted by molar-refractivity contribution is 0.0766. The van der Waals surface area contributed by atoms with Gasteiger partial charge in [0.05, 0.1) is 28.1 Å². The molecule has 1 aliphatic heterocycles. The van der Waals surface area contributed by atoms with Crippen molar-refractivity contribution in [3.63, 3.8) is 0 Å². The van der Waals surface area contributed by atoms with Crippen LogP contribution in [-0.2, 0) is 9.84 Å². The number of sulfone groups is 1. The third kappa shape index (κ3) is 3.25. The summed E-state index contributed by atoms with van der Waals surface area (Å²) in [5.41, 5.74) is 1.20. The second kappa shape index (κ2) is 6.68. The average Bonchev–Trinajstić information content (AvgIpc) is 3.25. The van der Waals surface area contributed by atoms with E-state index in [1.165, 1.54) is 0 Å². The van der Waals surface area contributed by atoms with Gasteiger partial charge in [0, 0.05) is 13.1 Å². The highest BCUT2D eigenvalue weighted by molar-refractivity contribution is 7.91. The molecule has 3 rings (SSSR count). The molecular weight excluding hydrogens is 346 g/mol. The van der Waals surface area contributed by atoms with Crippen molar-refractivity contribution < 1.29 is 13.2 Å². The predicted octanol–water partition coefficient (Wildman–Crippen LogP) is 2.45. The molecule has 1 atom stereocenters. The fourth-order valence-electron chi connectivity index (χ4n) is 3.03. The first-order chi connectivity index (χ1) is 11.4. The summed E-state index contributed by atoms with van der Waals surface area (Å²) in [5.74, 6) is 0.157. The fraction of sp³-hybridized carbons (Fsp3) is 0.500. The van der Waals surface area contributed by atoms with E-state index in [-0.39, 0.29) is 23.5 Å². The van der Waals surface area contributed by atoms with Crippen LogP contribution in [0, 0.1) is 0 Å².